The van der Waals surface area contributed by atoms with E-state index in [1.165, 1.54) is 19.1 Å². The quantitative estimate of drug-likeness (QED) is 0.695. The van der Waals surface area contributed by atoms with Crippen molar-refractivity contribution in [2.45, 2.75) is 12.8 Å². The van der Waals surface area contributed by atoms with Crippen molar-refractivity contribution >= 4 is 18.0 Å². The first-order chi connectivity index (χ1) is 9.99. The summed E-state index contributed by atoms with van der Waals surface area (Å²) >= 11 is 0. The zero-order valence-corrected chi connectivity index (χ0v) is 12.4. The van der Waals surface area contributed by atoms with Gasteiger partial charge in [0.25, 0.3) is 0 Å². The number of carbonyl (C=O) groups excluding carboxylic acids is 2. The lowest BCUT2D eigenvalue weighted by molar-refractivity contribution is -0.146. The summed E-state index contributed by atoms with van der Waals surface area (Å²) in [7, 11) is 2.84. The van der Waals surface area contributed by atoms with Crippen LogP contribution in [-0.4, -0.2) is 79.9 Å². The number of esters is 1. The summed E-state index contributed by atoms with van der Waals surface area (Å²) in [5, 5.41) is 8.86. The molecule has 1 saturated heterocycles. The summed E-state index contributed by atoms with van der Waals surface area (Å²) in [5.41, 5.74) is 0. The van der Waals surface area contributed by atoms with E-state index in [0.29, 0.717) is 25.9 Å². The molecule has 8 heteroatoms. The number of piperidine rings is 1. The monoisotopic (exact) mass is 302 g/mol. The molecular formula is C13H22N2O6. The molecule has 0 aromatic carbocycles. The average molecular weight is 302 g/mol. The highest BCUT2D eigenvalue weighted by atomic mass is 16.5. The Morgan fingerprint density at radius 1 is 1.24 bits per heavy atom. The molecule has 1 fully saturated rings. The molecule has 1 aliphatic heterocycles. The van der Waals surface area contributed by atoms with Crippen molar-refractivity contribution in [3.05, 3.63) is 0 Å². The predicted molar refractivity (Wildman–Crippen MR) is 72.8 cm³/mol. The van der Waals surface area contributed by atoms with E-state index in [0.717, 1.165) is 0 Å². The molecule has 0 aliphatic carbocycles. The Morgan fingerprint density at radius 2 is 1.86 bits per heavy atom. The third-order valence-corrected chi connectivity index (χ3v) is 3.46. The van der Waals surface area contributed by atoms with Crippen LogP contribution in [0.2, 0.25) is 0 Å². The lowest BCUT2D eigenvalue weighted by atomic mass is 9.97. The van der Waals surface area contributed by atoms with Crippen LogP contribution in [0.15, 0.2) is 0 Å². The molecule has 0 radical (unpaired) electrons. The Morgan fingerprint density at radius 3 is 2.33 bits per heavy atom. The number of hydrogen-bond acceptors (Lipinski definition) is 5. The summed E-state index contributed by atoms with van der Waals surface area (Å²) in [6.45, 7) is 0.971. The van der Waals surface area contributed by atoms with Crippen molar-refractivity contribution in [2.24, 2.45) is 5.92 Å². The van der Waals surface area contributed by atoms with E-state index in [4.69, 9.17) is 14.6 Å². The maximum absolute atomic E-state index is 12.3. The van der Waals surface area contributed by atoms with Gasteiger partial charge in [-0.15, -0.1) is 0 Å². The van der Waals surface area contributed by atoms with Gasteiger partial charge in [-0.25, -0.2) is 4.79 Å². The number of likely N-dealkylation sites (tertiary alicyclic amines) is 1. The number of rotatable bonds is 6. The lowest BCUT2D eigenvalue weighted by Gasteiger charge is -2.34. The molecule has 0 bridgehead atoms. The van der Waals surface area contributed by atoms with Gasteiger partial charge in [0.15, 0.2) is 0 Å². The fourth-order valence-electron chi connectivity index (χ4n) is 2.28. The van der Waals surface area contributed by atoms with Crippen LogP contribution in [0, 0.1) is 5.92 Å². The Kier molecular flexibility index (Phi) is 6.93. The van der Waals surface area contributed by atoms with Gasteiger partial charge >= 0.3 is 18.0 Å². The third-order valence-electron chi connectivity index (χ3n) is 3.46. The van der Waals surface area contributed by atoms with Crippen molar-refractivity contribution in [2.75, 3.05) is 47.0 Å². The average Bonchev–Trinajstić information content (AvgIpc) is 2.49. The SMILES string of the molecule is COCCN(CC(=O)O)C(=O)N1CCC(C(=O)OC)CC1. The van der Waals surface area contributed by atoms with E-state index in [2.05, 4.69) is 0 Å². The van der Waals surface area contributed by atoms with Crippen LogP contribution in [0.4, 0.5) is 4.79 Å². The second-order valence-electron chi connectivity index (χ2n) is 4.88. The summed E-state index contributed by atoms with van der Waals surface area (Å²) in [5.74, 6) is -1.52. The minimum atomic E-state index is -1.07. The molecule has 0 aromatic heterocycles. The number of aliphatic carboxylic acids is 1. The second kappa shape index (κ2) is 8.46. The molecule has 0 atom stereocenters. The van der Waals surface area contributed by atoms with E-state index >= 15 is 0 Å². The first-order valence-corrected chi connectivity index (χ1v) is 6.82. The predicted octanol–water partition coefficient (Wildman–Crippen LogP) is 0.0244. The van der Waals surface area contributed by atoms with Gasteiger partial charge in [0.05, 0.1) is 19.6 Å². The molecular weight excluding hydrogens is 280 g/mol. The zero-order valence-electron chi connectivity index (χ0n) is 12.4. The number of urea groups is 1. The normalized spacial score (nSPS) is 15.6. The van der Waals surface area contributed by atoms with E-state index in [1.54, 1.807) is 4.90 Å². The number of hydrogen-bond donors (Lipinski definition) is 1. The summed E-state index contributed by atoms with van der Waals surface area (Å²) in [4.78, 5) is 37.4. The summed E-state index contributed by atoms with van der Waals surface area (Å²) < 4.78 is 9.58. The number of carbonyl (C=O) groups is 3. The molecule has 1 rings (SSSR count). The third kappa shape index (κ3) is 5.22. The van der Waals surface area contributed by atoms with Gasteiger partial charge in [0.2, 0.25) is 0 Å². The standard InChI is InChI=1S/C13H22N2O6/c1-20-8-7-15(9-11(16)17)13(19)14-5-3-10(4-6-14)12(18)21-2/h10H,3-9H2,1-2H3,(H,16,17). The van der Waals surface area contributed by atoms with Crippen molar-refractivity contribution in [1.29, 1.82) is 0 Å². The van der Waals surface area contributed by atoms with Crippen LogP contribution in [0.5, 0.6) is 0 Å². The zero-order chi connectivity index (χ0) is 15.8. The van der Waals surface area contributed by atoms with Crippen molar-refractivity contribution in [3.8, 4) is 0 Å². The Balaban J connectivity index is 2.56. The molecule has 1 aliphatic rings. The Labute approximate surface area is 123 Å². The van der Waals surface area contributed by atoms with Gasteiger partial charge in [-0.3, -0.25) is 9.59 Å². The number of methoxy groups -OCH3 is 2. The van der Waals surface area contributed by atoms with Crippen LogP contribution in [-0.2, 0) is 19.1 Å². The van der Waals surface area contributed by atoms with Crippen LogP contribution >= 0.6 is 0 Å². The van der Waals surface area contributed by atoms with Gasteiger partial charge in [0.1, 0.15) is 6.54 Å². The molecule has 0 spiro atoms. The van der Waals surface area contributed by atoms with Gasteiger partial charge in [-0.1, -0.05) is 0 Å². The second-order valence-corrected chi connectivity index (χ2v) is 4.88. The molecule has 8 nitrogen and oxygen atoms in total. The first-order valence-electron chi connectivity index (χ1n) is 6.82. The van der Waals surface area contributed by atoms with E-state index in [1.807, 2.05) is 0 Å². The van der Waals surface area contributed by atoms with Crippen LogP contribution in [0.3, 0.4) is 0 Å². The molecule has 0 saturated carbocycles. The first kappa shape index (κ1) is 17.2. The lowest BCUT2D eigenvalue weighted by Crippen LogP contribution is -2.49. The smallest absolute Gasteiger partial charge is 0.323 e. The number of nitrogens with zero attached hydrogens (tertiary/aromatic N) is 2. The van der Waals surface area contributed by atoms with Crippen LogP contribution < -0.4 is 0 Å². The molecule has 120 valence electrons. The van der Waals surface area contributed by atoms with E-state index in [-0.39, 0.29) is 37.6 Å². The van der Waals surface area contributed by atoms with Gasteiger partial charge in [0, 0.05) is 26.7 Å². The van der Waals surface area contributed by atoms with Gasteiger partial charge in [-0.2, -0.15) is 0 Å². The molecule has 2 amide bonds. The van der Waals surface area contributed by atoms with Crippen molar-refractivity contribution in [1.82, 2.24) is 9.80 Å². The highest BCUT2D eigenvalue weighted by Crippen LogP contribution is 2.19. The van der Waals surface area contributed by atoms with Crippen LogP contribution in [0.1, 0.15) is 12.8 Å². The molecule has 1 N–H and O–H groups in total. The maximum atomic E-state index is 12.3. The maximum Gasteiger partial charge on any atom is 0.323 e. The summed E-state index contributed by atoms with van der Waals surface area (Å²) in [6, 6.07) is -0.335. The van der Waals surface area contributed by atoms with Crippen molar-refractivity contribution < 1.29 is 29.0 Å². The molecule has 0 aromatic rings. The van der Waals surface area contributed by atoms with Crippen molar-refractivity contribution in [3.63, 3.8) is 0 Å². The minimum Gasteiger partial charge on any atom is -0.480 e. The van der Waals surface area contributed by atoms with E-state index < -0.39 is 5.97 Å². The van der Waals surface area contributed by atoms with Gasteiger partial charge < -0.3 is 24.4 Å². The fraction of sp³-hybridized carbons (Fsp3) is 0.769. The summed E-state index contributed by atoms with van der Waals surface area (Å²) in [6.07, 6.45) is 1.06. The minimum absolute atomic E-state index is 0.189. The number of carboxylic acid groups (broad SMARTS) is 1. The van der Waals surface area contributed by atoms with E-state index in [9.17, 15) is 14.4 Å². The highest BCUT2D eigenvalue weighted by molar-refractivity contribution is 5.80. The largest absolute Gasteiger partial charge is 0.480 e. The number of amides is 2. The van der Waals surface area contributed by atoms with Gasteiger partial charge in [-0.05, 0) is 12.8 Å². The number of carboxylic acids is 1. The number of ether oxygens (including phenoxy) is 2. The topological polar surface area (TPSA) is 96.4 Å². The Hall–Kier alpha value is -1.83. The molecule has 1 heterocycles. The molecule has 0 unspecified atom stereocenters. The van der Waals surface area contributed by atoms with Crippen LogP contribution in [0.25, 0.3) is 0 Å². The Bertz CT molecular complexity index is 379. The fourth-order valence-corrected chi connectivity index (χ4v) is 2.28. The molecule has 21 heavy (non-hydrogen) atoms. The highest BCUT2D eigenvalue weighted by Gasteiger charge is 2.30.